The minimum absolute atomic E-state index is 0.00711. The lowest BCUT2D eigenvalue weighted by atomic mass is 10.1. The fourth-order valence-electron chi connectivity index (χ4n) is 3.25. The molecule has 4 aromatic rings. The van der Waals surface area contributed by atoms with Gasteiger partial charge < -0.3 is 10.1 Å². The van der Waals surface area contributed by atoms with Crippen LogP contribution in [0.2, 0.25) is 0 Å². The smallest absolute Gasteiger partial charge is 0.308 e. The molecule has 1 unspecified atom stereocenters. The lowest BCUT2D eigenvalue weighted by molar-refractivity contribution is -0.153. The van der Waals surface area contributed by atoms with E-state index in [1.807, 2.05) is 36.4 Å². The molecule has 1 heterocycles. The maximum absolute atomic E-state index is 12.5. The molecule has 1 N–H and O–H groups in total. The number of nitrogens with one attached hydrogen (secondary N) is 1. The Morgan fingerprint density at radius 3 is 2.55 bits per heavy atom. The highest BCUT2D eigenvalue weighted by atomic mass is 16.5. The second kappa shape index (κ2) is 8.74. The first kappa shape index (κ1) is 20.2. The van der Waals surface area contributed by atoms with Gasteiger partial charge in [-0.3, -0.25) is 14.4 Å². The van der Waals surface area contributed by atoms with Crippen molar-refractivity contribution in [3.05, 3.63) is 77.1 Å². The second-order valence-corrected chi connectivity index (χ2v) is 7.03. The Morgan fingerprint density at radius 2 is 1.71 bits per heavy atom. The number of amides is 1. The molecular formula is C23H20N4O4. The molecule has 8 heteroatoms. The topological polar surface area (TPSA) is 103 Å². The third kappa shape index (κ3) is 4.42. The van der Waals surface area contributed by atoms with E-state index in [0.717, 1.165) is 15.5 Å². The molecule has 0 aliphatic rings. The molecule has 4 rings (SSSR count). The van der Waals surface area contributed by atoms with E-state index in [1.54, 1.807) is 30.3 Å². The number of rotatable bonds is 6. The monoisotopic (exact) mass is 416 g/mol. The quantitative estimate of drug-likeness (QED) is 0.485. The van der Waals surface area contributed by atoms with Gasteiger partial charge >= 0.3 is 5.97 Å². The van der Waals surface area contributed by atoms with Crippen molar-refractivity contribution in [2.45, 2.75) is 26.0 Å². The minimum atomic E-state index is -0.995. The molecule has 0 saturated carbocycles. The van der Waals surface area contributed by atoms with Crippen LogP contribution in [-0.4, -0.2) is 33.0 Å². The van der Waals surface area contributed by atoms with Crippen LogP contribution >= 0.6 is 0 Å². The number of benzene rings is 3. The SMILES string of the molecule is CC(OC(=O)CCn1nnc2ccccc2c1=O)C(=O)Nc1cccc2ccccc12. The van der Waals surface area contributed by atoms with Crippen molar-refractivity contribution >= 4 is 39.2 Å². The van der Waals surface area contributed by atoms with Gasteiger partial charge in [0.25, 0.3) is 11.5 Å². The minimum Gasteiger partial charge on any atom is -0.452 e. The average molecular weight is 416 g/mol. The lowest BCUT2D eigenvalue weighted by Gasteiger charge is -2.15. The molecule has 0 bridgehead atoms. The second-order valence-electron chi connectivity index (χ2n) is 7.03. The third-order valence-electron chi connectivity index (χ3n) is 4.88. The number of nitrogens with zero attached hydrogens (tertiary/aromatic N) is 3. The Morgan fingerprint density at radius 1 is 1.00 bits per heavy atom. The molecule has 0 fully saturated rings. The molecule has 3 aromatic carbocycles. The summed E-state index contributed by atoms with van der Waals surface area (Å²) >= 11 is 0. The van der Waals surface area contributed by atoms with Crippen LogP contribution in [0.5, 0.6) is 0 Å². The number of carbonyl (C=O) groups excluding carboxylic acids is 2. The van der Waals surface area contributed by atoms with E-state index in [2.05, 4.69) is 15.6 Å². The molecule has 0 radical (unpaired) electrons. The fourth-order valence-corrected chi connectivity index (χ4v) is 3.25. The number of carbonyl (C=O) groups is 2. The molecule has 31 heavy (non-hydrogen) atoms. The third-order valence-corrected chi connectivity index (χ3v) is 4.88. The van der Waals surface area contributed by atoms with Crippen molar-refractivity contribution in [2.75, 3.05) is 5.32 Å². The summed E-state index contributed by atoms with van der Waals surface area (Å²) in [6.45, 7) is 1.51. The van der Waals surface area contributed by atoms with Gasteiger partial charge in [0.05, 0.1) is 18.4 Å². The van der Waals surface area contributed by atoms with Crippen molar-refractivity contribution < 1.29 is 14.3 Å². The standard InChI is InChI=1S/C23H20N4O4/c1-15(22(29)24-19-12-6-8-16-7-2-3-9-17(16)19)31-21(28)13-14-27-23(30)18-10-4-5-11-20(18)25-26-27/h2-12,15H,13-14H2,1H3,(H,24,29). The van der Waals surface area contributed by atoms with E-state index in [9.17, 15) is 14.4 Å². The number of anilines is 1. The van der Waals surface area contributed by atoms with E-state index in [-0.39, 0.29) is 18.5 Å². The number of aromatic nitrogens is 3. The van der Waals surface area contributed by atoms with Gasteiger partial charge in [0.15, 0.2) is 6.10 Å². The van der Waals surface area contributed by atoms with Crippen molar-refractivity contribution in [2.24, 2.45) is 0 Å². The molecule has 156 valence electrons. The van der Waals surface area contributed by atoms with Crippen LogP contribution in [0.15, 0.2) is 71.5 Å². The zero-order valence-electron chi connectivity index (χ0n) is 16.8. The Bertz CT molecular complexity index is 1330. The van der Waals surface area contributed by atoms with Crippen LogP contribution in [0.3, 0.4) is 0 Å². The summed E-state index contributed by atoms with van der Waals surface area (Å²) in [6.07, 6.45) is -1.11. The van der Waals surface area contributed by atoms with Crippen LogP contribution in [0.4, 0.5) is 5.69 Å². The van der Waals surface area contributed by atoms with E-state index in [0.29, 0.717) is 16.6 Å². The van der Waals surface area contributed by atoms with E-state index >= 15 is 0 Å². The first-order valence-corrected chi connectivity index (χ1v) is 9.83. The first-order chi connectivity index (χ1) is 15.0. The number of ether oxygens (including phenoxy) is 1. The maximum atomic E-state index is 12.5. The highest BCUT2D eigenvalue weighted by molar-refractivity contribution is 6.03. The molecular weight excluding hydrogens is 396 g/mol. The predicted octanol–water partition coefficient (Wildman–Crippen LogP) is 2.91. The number of esters is 1. The number of hydrogen-bond acceptors (Lipinski definition) is 6. The van der Waals surface area contributed by atoms with Gasteiger partial charge in [-0.25, -0.2) is 4.68 Å². The van der Waals surface area contributed by atoms with Gasteiger partial charge in [-0.05, 0) is 30.5 Å². The van der Waals surface area contributed by atoms with Gasteiger partial charge in [0, 0.05) is 11.1 Å². The van der Waals surface area contributed by atoms with Gasteiger partial charge in [-0.15, -0.1) is 5.10 Å². The predicted molar refractivity (Wildman–Crippen MR) is 117 cm³/mol. The Kier molecular flexibility index (Phi) is 5.70. The van der Waals surface area contributed by atoms with Gasteiger partial charge in [-0.2, -0.15) is 0 Å². The summed E-state index contributed by atoms with van der Waals surface area (Å²) in [4.78, 5) is 37.1. The highest BCUT2D eigenvalue weighted by Crippen LogP contribution is 2.23. The van der Waals surface area contributed by atoms with Crippen LogP contribution in [0, 0.1) is 0 Å². The van der Waals surface area contributed by atoms with Crippen LogP contribution in [0.1, 0.15) is 13.3 Å². The van der Waals surface area contributed by atoms with Crippen molar-refractivity contribution in [1.82, 2.24) is 15.0 Å². The van der Waals surface area contributed by atoms with Crippen molar-refractivity contribution in [3.8, 4) is 0 Å². The fraction of sp³-hybridized carbons (Fsp3) is 0.174. The number of hydrogen-bond donors (Lipinski definition) is 1. The Hall–Kier alpha value is -4.07. The zero-order valence-corrected chi connectivity index (χ0v) is 16.8. The molecule has 1 atom stereocenters. The van der Waals surface area contributed by atoms with E-state index in [4.69, 9.17) is 4.74 Å². The first-order valence-electron chi connectivity index (χ1n) is 9.83. The molecule has 0 aliphatic heterocycles. The van der Waals surface area contributed by atoms with Gasteiger partial charge in [0.2, 0.25) is 0 Å². The largest absolute Gasteiger partial charge is 0.452 e. The maximum Gasteiger partial charge on any atom is 0.308 e. The molecule has 8 nitrogen and oxygen atoms in total. The summed E-state index contributed by atoms with van der Waals surface area (Å²) in [5.41, 5.74) is 0.800. The molecule has 0 spiro atoms. The Labute approximate surface area is 177 Å². The van der Waals surface area contributed by atoms with Gasteiger partial charge in [0.1, 0.15) is 5.52 Å². The molecule has 0 saturated heterocycles. The average Bonchev–Trinajstić information content (AvgIpc) is 2.79. The summed E-state index contributed by atoms with van der Waals surface area (Å²) in [7, 11) is 0. The van der Waals surface area contributed by atoms with Crippen LogP contribution in [-0.2, 0) is 20.9 Å². The lowest BCUT2D eigenvalue weighted by Crippen LogP contribution is -2.31. The summed E-state index contributed by atoms with van der Waals surface area (Å²) in [5.74, 6) is -1.05. The summed E-state index contributed by atoms with van der Waals surface area (Å²) < 4.78 is 6.35. The molecule has 1 amide bonds. The van der Waals surface area contributed by atoms with Crippen LogP contribution in [0.25, 0.3) is 21.7 Å². The summed E-state index contributed by atoms with van der Waals surface area (Å²) in [6, 6.07) is 20.1. The molecule has 0 aliphatic carbocycles. The van der Waals surface area contributed by atoms with Crippen molar-refractivity contribution in [3.63, 3.8) is 0 Å². The Balaban J connectivity index is 1.37. The van der Waals surface area contributed by atoms with Crippen LogP contribution < -0.4 is 10.9 Å². The number of aryl methyl sites for hydroxylation is 1. The van der Waals surface area contributed by atoms with Crippen molar-refractivity contribution in [1.29, 1.82) is 0 Å². The number of fused-ring (bicyclic) bond motifs is 2. The van der Waals surface area contributed by atoms with E-state index < -0.39 is 18.0 Å². The molecule has 1 aromatic heterocycles. The van der Waals surface area contributed by atoms with Gasteiger partial charge in [-0.1, -0.05) is 53.7 Å². The summed E-state index contributed by atoms with van der Waals surface area (Å²) in [5, 5.41) is 12.9. The highest BCUT2D eigenvalue weighted by Gasteiger charge is 2.19. The zero-order chi connectivity index (χ0) is 21.8. The van der Waals surface area contributed by atoms with E-state index in [1.165, 1.54) is 6.92 Å². The normalized spacial score (nSPS) is 11.9.